The predicted octanol–water partition coefficient (Wildman–Crippen LogP) is 2.41. The number of nitrogens with zero attached hydrogens (tertiary/aromatic N) is 2. The Morgan fingerprint density at radius 1 is 1.00 bits per heavy atom. The van der Waals surface area contributed by atoms with Crippen LogP contribution in [0, 0.1) is 0 Å². The Bertz CT molecular complexity index is 1050. The molecule has 3 rings (SSSR count). The number of hydrogen-bond donors (Lipinski definition) is 0. The number of para-hydroxylation sites is 1. The Hall–Kier alpha value is -2.06. The van der Waals surface area contributed by atoms with E-state index in [1.54, 1.807) is 50.5 Å². The molecule has 1 heterocycles. The van der Waals surface area contributed by atoms with Gasteiger partial charge in [0.15, 0.2) is 0 Å². The maximum atomic E-state index is 12.5. The molecule has 0 N–H and O–H groups in total. The van der Waals surface area contributed by atoms with Crippen LogP contribution in [-0.4, -0.2) is 17.6 Å². The van der Waals surface area contributed by atoms with Gasteiger partial charge in [-0.3, -0.25) is 9.13 Å². The standard InChI is InChI=1S/C15H13BrN2O4S/c1-17-12-8-11(16)14(9-13(12)18(2)15(17)19)23(20,21)22-10-6-4-3-5-7-10/h3-9H,1-2H3. The second-order valence-electron chi connectivity index (χ2n) is 5.02. The maximum absolute atomic E-state index is 12.5. The van der Waals surface area contributed by atoms with Crippen molar-refractivity contribution in [1.82, 2.24) is 9.13 Å². The monoisotopic (exact) mass is 396 g/mol. The molecule has 0 amide bonds. The number of imidazole rings is 1. The first-order chi connectivity index (χ1) is 10.8. The van der Waals surface area contributed by atoms with E-state index in [9.17, 15) is 13.2 Å². The van der Waals surface area contributed by atoms with Crippen LogP contribution in [0.4, 0.5) is 0 Å². The summed E-state index contributed by atoms with van der Waals surface area (Å²) in [7, 11) is -0.806. The van der Waals surface area contributed by atoms with Crippen LogP contribution >= 0.6 is 15.9 Å². The molecule has 0 spiro atoms. The SMILES string of the molecule is Cn1c(=O)n(C)c2cc(S(=O)(=O)Oc3ccccc3)c(Br)cc21. The Kier molecular flexibility index (Phi) is 3.81. The van der Waals surface area contributed by atoms with Crippen molar-refractivity contribution in [2.45, 2.75) is 4.90 Å². The molecular weight excluding hydrogens is 384 g/mol. The summed E-state index contributed by atoms with van der Waals surface area (Å²) in [6.45, 7) is 0. The Balaban J connectivity index is 2.18. The topological polar surface area (TPSA) is 70.3 Å². The first-order valence-electron chi connectivity index (χ1n) is 6.66. The Labute approximate surface area is 141 Å². The molecular formula is C15H13BrN2O4S. The van der Waals surface area contributed by atoms with E-state index >= 15 is 0 Å². The smallest absolute Gasteiger partial charge is 0.340 e. The number of hydrogen-bond acceptors (Lipinski definition) is 4. The lowest BCUT2D eigenvalue weighted by molar-refractivity contribution is 0.485. The minimum Gasteiger partial charge on any atom is -0.379 e. The van der Waals surface area contributed by atoms with Gasteiger partial charge in [0.25, 0.3) is 0 Å². The van der Waals surface area contributed by atoms with Gasteiger partial charge in [-0.25, -0.2) is 4.79 Å². The molecule has 0 aliphatic carbocycles. The van der Waals surface area contributed by atoms with Crippen LogP contribution < -0.4 is 9.87 Å². The molecule has 8 heteroatoms. The lowest BCUT2D eigenvalue weighted by atomic mass is 10.3. The molecule has 6 nitrogen and oxygen atoms in total. The highest BCUT2D eigenvalue weighted by atomic mass is 79.9. The van der Waals surface area contributed by atoms with Crippen molar-refractivity contribution in [3.8, 4) is 5.75 Å². The van der Waals surface area contributed by atoms with Crippen LogP contribution in [-0.2, 0) is 24.2 Å². The van der Waals surface area contributed by atoms with Crippen molar-refractivity contribution in [2.75, 3.05) is 0 Å². The van der Waals surface area contributed by atoms with Crippen LogP contribution in [0.3, 0.4) is 0 Å². The summed E-state index contributed by atoms with van der Waals surface area (Å²) in [5.74, 6) is 0.224. The van der Waals surface area contributed by atoms with Gasteiger partial charge in [-0.1, -0.05) is 18.2 Å². The summed E-state index contributed by atoms with van der Waals surface area (Å²) in [5, 5.41) is 0. The zero-order chi connectivity index (χ0) is 16.8. The van der Waals surface area contributed by atoms with Crippen LogP contribution in [0.5, 0.6) is 5.75 Å². The van der Waals surface area contributed by atoms with Gasteiger partial charge in [0, 0.05) is 18.6 Å². The van der Waals surface area contributed by atoms with Crippen molar-refractivity contribution >= 4 is 37.1 Å². The lowest BCUT2D eigenvalue weighted by Crippen LogP contribution is -2.19. The van der Waals surface area contributed by atoms with Gasteiger partial charge in [0.2, 0.25) is 0 Å². The zero-order valence-electron chi connectivity index (χ0n) is 12.4. The molecule has 0 saturated carbocycles. The third kappa shape index (κ3) is 2.68. The first kappa shape index (κ1) is 15.8. The van der Waals surface area contributed by atoms with E-state index in [1.807, 2.05) is 0 Å². The summed E-state index contributed by atoms with van der Waals surface area (Å²) in [4.78, 5) is 11.9. The third-order valence-corrected chi connectivity index (χ3v) is 5.75. The molecule has 2 aromatic carbocycles. The fourth-order valence-electron chi connectivity index (χ4n) is 2.34. The van der Waals surface area contributed by atoms with E-state index in [2.05, 4.69) is 15.9 Å². The highest BCUT2D eigenvalue weighted by Gasteiger charge is 2.23. The molecule has 3 aromatic rings. The average Bonchev–Trinajstić information content (AvgIpc) is 2.71. The Morgan fingerprint density at radius 3 is 2.17 bits per heavy atom. The van der Waals surface area contributed by atoms with Crippen LogP contribution in [0.15, 0.2) is 56.6 Å². The van der Waals surface area contributed by atoms with Crippen molar-refractivity contribution in [3.63, 3.8) is 0 Å². The summed E-state index contributed by atoms with van der Waals surface area (Å²) in [5.41, 5.74) is 0.907. The van der Waals surface area contributed by atoms with Crippen molar-refractivity contribution in [1.29, 1.82) is 0 Å². The normalized spacial score (nSPS) is 11.8. The minimum absolute atomic E-state index is 0.0324. The average molecular weight is 397 g/mol. The summed E-state index contributed by atoms with van der Waals surface area (Å²) in [6.07, 6.45) is 0. The molecule has 0 aliphatic rings. The number of aromatic nitrogens is 2. The fraction of sp³-hybridized carbons (Fsp3) is 0.133. The van der Waals surface area contributed by atoms with Gasteiger partial charge in [-0.05, 0) is 40.2 Å². The lowest BCUT2D eigenvalue weighted by Gasteiger charge is -2.09. The number of halogens is 1. The quantitative estimate of drug-likeness (QED) is 0.637. The van der Waals surface area contributed by atoms with Crippen molar-refractivity contribution in [2.24, 2.45) is 14.1 Å². The number of benzene rings is 2. The minimum atomic E-state index is -4.03. The van der Waals surface area contributed by atoms with Crippen LogP contribution in [0.25, 0.3) is 11.0 Å². The van der Waals surface area contributed by atoms with Crippen LogP contribution in [0.1, 0.15) is 0 Å². The fourth-order valence-corrected chi connectivity index (χ4v) is 4.27. The van der Waals surface area contributed by atoms with Crippen LogP contribution in [0.2, 0.25) is 0 Å². The van der Waals surface area contributed by atoms with Gasteiger partial charge in [-0.15, -0.1) is 0 Å². The molecule has 0 radical (unpaired) electrons. The van der Waals surface area contributed by atoms with E-state index in [0.717, 1.165) is 0 Å². The van der Waals surface area contributed by atoms with Crippen molar-refractivity contribution in [3.05, 3.63) is 57.4 Å². The van der Waals surface area contributed by atoms with Gasteiger partial charge in [-0.2, -0.15) is 8.42 Å². The second-order valence-corrected chi connectivity index (χ2v) is 7.39. The molecule has 0 atom stereocenters. The Morgan fingerprint density at radius 2 is 1.57 bits per heavy atom. The zero-order valence-corrected chi connectivity index (χ0v) is 14.8. The number of aryl methyl sites for hydroxylation is 2. The first-order valence-corrected chi connectivity index (χ1v) is 8.86. The van der Waals surface area contributed by atoms with E-state index in [0.29, 0.717) is 15.5 Å². The van der Waals surface area contributed by atoms with E-state index < -0.39 is 10.1 Å². The molecule has 0 saturated heterocycles. The van der Waals surface area contributed by atoms with E-state index in [4.69, 9.17) is 4.18 Å². The third-order valence-electron chi connectivity index (χ3n) is 3.54. The number of fused-ring (bicyclic) bond motifs is 1. The van der Waals surface area contributed by atoms with E-state index in [-0.39, 0.29) is 16.3 Å². The second kappa shape index (κ2) is 5.54. The van der Waals surface area contributed by atoms with Gasteiger partial charge >= 0.3 is 15.8 Å². The predicted molar refractivity (Wildman–Crippen MR) is 90.1 cm³/mol. The summed E-state index contributed by atoms with van der Waals surface area (Å²) in [6, 6.07) is 11.3. The molecule has 1 aromatic heterocycles. The highest BCUT2D eigenvalue weighted by Crippen LogP contribution is 2.29. The molecule has 120 valence electrons. The van der Waals surface area contributed by atoms with Crippen molar-refractivity contribution < 1.29 is 12.6 Å². The maximum Gasteiger partial charge on any atom is 0.340 e. The number of rotatable bonds is 3. The molecule has 23 heavy (non-hydrogen) atoms. The molecule has 0 aliphatic heterocycles. The molecule has 0 fully saturated rings. The summed E-state index contributed by atoms with van der Waals surface area (Å²) >= 11 is 3.25. The molecule has 0 unspecified atom stereocenters. The largest absolute Gasteiger partial charge is 0.379 e. The highest BCUT2D eigenvalue weighted by molar-refractivity contribution is 9.10. The van der Waals surface area contributed by atoms with Gasteiger partial charge in [0.05, 0.1) is 11.0 Å². The molecule has 0 bridgehead atoms. The van der Waals surface area contributed by atoms with Gasteiger partial charge in [0.1, 0.15) is 10.6 Å². The summed E-state index contributed by atoms with van der Waals surface area (Å²) < 4.78 is 33.4. The van der Waals surface area contributed by atoms with E-state index in [1.165, 1.54) is 15.2 Å². The van der Waals surface area contributed by atoms with Gasteiger partial charge < -0.3 is 4.18 Å².